The van der Waals surface area contributed by atoms with Gasteiger partial charge in [-0.2, -0.15) is 0 Å². The fourth-order valence-corrected chi connectivity index (χ4v) is 3.59. The van der Waals surface area contributed by atoms with E-state index in [9.17, 15) is 9.18 Å². The summed E-state index contributed by atoms with van der Waals surface area (Å²) in [6.07, 6.45) is 3.73. The molecule has 0 unspecified atom stereocenters. The molecule has 1 saturated heterocycles. The van der Waals surface area contributed by atoms with Gasteiger partial charge in [0.05, 0.1) is 13.7 Å². The Kier molecular flexibility index (Phi) is 6.85. The average Bonchev–Trinajstić information content (AvgIpc) is 2.72. The number of hydrogen-bond acceptors (Lipinski definition) is 5. The first-order chi connectivity index (χ1) is 13.8. The van der Waals surface area contributed by atoms with Crippen LogP contribution < -0.4 is 4.74 Å². The van der Waals surface area contributed by atoms with Gasteiger partial charge in [0.1, 0.15) is 17.1 Å². The lowest BCUT2D eigenvalue weighted by Gasteiger charge is -2.34. The molecule has 0 saturated carbocycles. The summed E-state index contributed by atoms with van der Waals surface area (Å²) in [6, 6.07) is 11.4. The predicted octanol–water partition coefficient (Wildman–Crippen LogP) is 4.37. The van der Waals surface area contributed by atoms with Crippen molar-refractivity contribution in [2.24, 2.45) is 5.92 Å². The molecule has 156 valence electrons. The first-order valence-corrected chi connectivity index (χ1v) is 10.0. The number of carbonyl (C=O) groups is 1. The van der Waals surface area contributed by atoms with Crippen molar-refractivity contribution in [1.82, 2.24) is 9.88 Å². The quantitative estimate of drug-likeness (QED) is 0.646. The number of rotatable bonds is 7. The van der Waals surface area contributed by atoms with Gasteiger partial charge in [-0.15, -0.1) is 0 Å². The highest BCUT2D eigenvalue weighted by Crippen LogP contribution is 2.24. The lowest BCUT2D eigenvalue weighted by molar-refractivity contribution is 0.0594. The Labute approximate surface area is 171 Å². The van der Waals surface area contributed by atoms with Crippen LogP contribution in [0.5, 0.6) is 5.75 Å². The minimum atomic E-state index is -1.14. The third-order valence-corrected chi connectivity index (χ3v) is 5.14. The molecule has 29 heavy (non-hydrogen) atoms. The topological polar surface area (TPSA) is 51.7 Å². The SMILES string of the molecule is COC(=O)c1ccc(-c2ccc(OCC3CCN(CC(C)(C)F)CC3)cc2)cn1. The van der Waals surface area contributed by atoms with Gasteiger partial charge in [-0.25, -0.2) is 14.2 Å². The number of hydrogen-bond donors (Lipinski definition) is 0. The summed E-state index contributed by atoms with van der Waals surface area (Å²) >= 11 is 0. The third-order valence-electron chi connectivity index (χ3n) is 5.14. The van der Waals surface area contributed by atoms with Crippen molar-refractivity contribution < 1.29 is 18.7 Å². The monoisotopic (exact) mass is 400 g/mol. The smallest absolute Gasteiger partial charge is 0.356 e. The molecule has 0 atom stereocenters. The number of halogens is 1. The second-order valence-electron chi connectivity index (χ2n) is 8.20. The highest BCUT2D eigenvalue weighted by molar-refractivity contribution is 5.87. The maximum atomic E-state index is 13.8. The lowest BCUT2D eigenvalue weighted by Crippen LogP contribution is -2.41. The number of esters is 1. The number of likely N-dealkylation sites (tertiary alicyclic amines) is 1. The summed E-state index contributed by atoms with van der Waals surface area (Å²) in [5.74, 6) is 0.892. The molecular formula is C23H29FN2O3. The predicted molar refractivity (Wildman–Crippen MR) is 111 cm³/mol. The van der Waals surface area contributed by atoms with Gasteiger partial charge in [-0.1, -0.05) is 18.2 Å². The number of nitrogens with zero attached hydrogens (tertiary/aromatic N) is 2. The molecule has 1 fully saturated rings. The maximum absolute atomic E-state index is 13.8. The minimum Gasteiger partial charge on any atom is -0.493 e. The maximum Gasteiger partial charge on any atom is 0.356 e. The average molecular weight is 400 g/mol. The van der Waals surface area contributed by atoms with E-state index in [0.717, 1.165) is 42.8 Å². The number of benzene rings is 1. The minimum absolute atomic E-state index is 0.289. The molecule has 2 heterocycles. The number of methoxy groups -OCH3 is 1. The van der Waals surface area contributed by atoms with E-state index >= 15 is 0 Å². The van der Waals surface area contributed by atoms with E-state index in [4.69, 9.17) is 4.74 Å². The van der Waals surface area contributed by atoms with Gasteiger partial charge < -0.3 is 14.4 Å². The molecule has 1 aromatic carbocycles. The van der Waals surface area contributed by atoms with Gasteiger partial charge >= 0.3 is 5.97 Å². The third kappa shape index (κ3) is 6.26. The van der Waals surface area contributed by atoms with Gasteiger partial charge in [0.25, 0.3) is 0 Å². The van der Waals surface area contributed by atoms with Crippen molar-refractivity contribution in [2.75, 3.05) is 33.4 Å². The first kappa shape index (κ1) is 21.2. The van der Waals surface area contributed by atoms with Crippen LogP contribution in [-0.4, -0.2) is 54.9 Å². The number of pyridine rings is 1. The zero-order valence-corrected chi connectivity index (χ0v) is 17.4. The molecule has 3 rings (SSSR count). The summed E-state index contributed by atoms with van der Waals surface area (Å²) in [6.45, 7) is 6.30. The van der Waals surface area contributed by atoms with E-state index in [1.54, 1.807) is 26.1 Å². The molecule has 6 heteroatoms. The van der Waals surface area contributed by atoms with E-state index in [1.165, 1.54) is 7.11 Å². The van der Waals surface area contributed by atoms with Crippen LogP contribution >= 0.6 is 0 Å². The van der Waals surface area contributed by atoms with Crippen LogP contribution in [0.2, 0.25) is 0 Å². The van der Waals surface area contributed by atoms with E-state index in [0.29, 0.717) is 19.1 Å². The van der Waals surface area contributed by atoms with Crippen molar-refractivity contribution in [1.29, 1.82) is 0 Å². The van der Waals surface area contributed by atoms with E-state index in [-0.39, 0.29) is 5.69 Å². The Morgan fingerprint density at radius 2 is 1.79 bits per heavy atom. The van der Waals surface area contributed by atoms with E-state index in [1.807, 2.05) is 30.3 Å². The van der Waals surface area contributed by atoms with Gasteiger partial charge in [0, 0.05) is 18.3 Å². The largest absolute Gasteiger partial charge is 0.493 e. The zero-order valence-electron chi connectivity index (χ0n) is 17.4. The summed E-state index contributed by atoms with van der Waals surface area (Å²) in [7, 11) is 1.34. The Balaban J connectivity index is 1.48. The van der Waals surface area contributed by atoms with Crippen LogP contribution in [0.1, 0.15) is 37.2 Å². The number of aromatic nitrogens is 1. The van der Waals surface area contributed by atoms with Gasteiger partial charge in [-0.3, -0.25) is 0 Å². The molecule has 0 N–H and O–H groups in total. The van der Waals surface area contributed by atoms with Crippen molar-refractivity contribution in [3.05, 3.63) is 48.3 Å². The summed E-state index contributed by atoms with van der Waals surface area (Å²) in [5.41, 5.74) is 1.08. The highest BCUT2D eigenvalue weighted by Gasteiger charge is 2.25. The van der Waals surface area contributed by atoms with Crippen LogP contribution in [0.4, 0.5) is 4.39 Å². The molecular weight excluding hydrogens is 371 g/mol. The number of alkyl halides is 1. The molecule has 2 aromatic rings. The molecule has 1 aliphatic heterocycles. The molecule has 0 bridgehead atoms. The fraction of sp³-hybridized carbons (Fsp3) is 0.478. The van der Waals surface area contributed by atoms with Crippen LogP contribution in [0.15, 0.2) is 42.6 Å². The zero-order chi connectivity index (χ0) is 20.9. The number of carbonyl (C=O) groups excluding carboxylic acids is 1. The number of piperidine rings is 1. The summed E-state index contributed by atoms with van der Waals surface area (Å²) in [5, 5.41) is 0. The van der Waals surface area contributed by atoms with Crippen molar-refractivity contribution in [3.63, 3.8) is 0 Å². The van der Waals surface area contributed by atoms with Gasteiger partial charge in [0.15, 0.2) is 0 Å². The summed E-state index contributed by atoms with van der Waals surface area (Å²) in [4.78, 5) is 17.8. The van der Waals surface area contributed by atoms with Crippen LogP contribution in [0.3, 0.4) is 0 Å². The van der Waals surface area contributed by atoms with Crippen LogP contribution in [0.25, 0.3) is 11.1 Å². The Hall–Kier alpha value is -2.47. The van der Waals surface area contributed by atoms with E-state index in [2.05, 4.69) is 14.6 Å². The molecule has 0 aliphatic carbocycles. The van der Waals surface area contributed by atoms with Crippen LogP contribution in [-0.2, 0) is 4.74 Å². The molecule has 0 spiro atoms. The lowest BCUT2D eigenvalue weighted by atomic mass is 9.97. The van der Waals surface area contributed by atoms with Crippen molar-refractivity contribution in [2.45, 2.75) is 32.4 Å². The molecule has 0 amide bonds. The van der Waals surface area contributed by atoms with Gasteiger partial charge in [0.2, 0.25) is 0 Å². The molecule has 1 aliphatic rings. The molecule has 1 aromatic heterocycles. The van der Waals surface area contributed by atoms with Crippen LogP contribution in [0, 0.1) is 5.92 Å². The second-order valence-corrected chi connectivity index (χ2v) is 8.20. The second kappa shape index (κ2) is 9.35. The fourth-order valence-electron chi connectivity index (χ4n) is 3.59. The van der Waals surface area contributed by atoms with Crippen molar-refractivity contribution in [3.8, 4) is 16.9 Å². The molecule has 0 radical (unpaired) electrons. The first-order valence-electron chi connectivity index (χ1n) is 10.0. The number of ether oxygens (including phenoxy) is 2. The van der Waals surface area contributed by atoms with Gasteiger partial charge in [-0.05, 0) is 69.5 Å². The normalized spacial score (nSPS) is 15.9. The Morgan fingerprint density at radius 1 is 1.14 bits per heavy atom. The standard InChI is InChI=1S/C23H29FN2O3/c1-23(2,24)16-26-12-10-17(11-13-26)15-29-20-7-4-18(5-8-20)19-6-9-21(25-14-19)22(27)28-3/h4-9,14,17H,10-13,15-16H2,1-3H3. The highest BCUT2D eigenvalue weighted by atomic mass is 19.1. The molecule has 5 nitrogen and oxygen atoms in total. The van der Waals surface area contributed by atoms with E-state index < -0.39 is 11.6 Å². The Morgan fingerprint density at radius 3 is 2.34 bits per heavy atom. The summed E-state index contributed by atoms with van der Waals surface area (Å²) < 4.78 is 24.4. The van der Waals surface area contributed by atoms with Crippen molar-refractivity contribution >= 4 is 5.97 Å². The Bertz CT molecular complexity index is 792.